The molecule has 0 aromatic heterocycles. The van der Waals surface area contributed by atoms with Crippen LogP contribution in [-0.4, -0.2) is 12.1 Å². The Kier molecular flexibility index (Phi) is 4.82. The predicted octanol–water partition coefficient (Wildman–Crippen LogP) is 5.83. The van der Waals surface area contributed by atoms with E-state index < -0.39 is 0 Å². The highest BCUT2D eigenvalue weighted by molar-refractivity contribution is 5.42. The average Bonchev–Trinajstić information content (AvgIpc) is 3.12. The maximum atomic E-state index is 6.25. The fourth-order valence-electron chi connectivity index (χ4n) is 5.78. The SMILES string of the molecule is CC(C)C1NC(C2C=C3C(=CC2)OC2CCC=CC32)=CCC1C1C=CC=CC1. The van der Waals surface area contributed by atoms with Crippen LogP contribution >= 0.6 is 0 Å². The van der Waals surface area contributed by atoms with Crippen LogP contribution in [0.25, 0.3) is 0 Å². The third kappa shape index (κ3) is 3.21. The summed E-state index contributed by atoms with van der Waals surface area (Å²) in [4.78, 5) is 0. The van der Waals surface area contributed by atoms with Gasteiger partial charge in [0.2, 0.25) is 0 Å². The van der Waals surface area contributed by atoms with Crippen molar-refractivity contribution in [3.05, 3.63) is 71.7 Å². The summed E-state index contributed by atoms with van der Waals surface area (Å²) in [6.45, 7) is 4.74. The van der Waals surface area contributed by atoms with Crippen molar-refractivity contribution in [2.24, 2.45) is 29.6 Å². The monoisotopic (exact) mass is 375 g/mol. The Bertz CT molecular complexity index is 793. The number of hydrogen-bond donors (Lipinski definition) is 1. The molecule has 1 N–H and O–H groups in total. The molecule has 2 heterocycles. The highest BCUT2D eigenvalue weighted by Crippen LogP contribution is 2.45. The first-order valence-electron chi connectivity index (χ1n) is 11.3. The van der Waals surface area contributed by atoms with Crippen molar-refractivity contribution in [1.29, 1.82) is 0 Å². The molecule has 3 aliphatic carbocycles. The van der Waals surface area contributed by atoms with Crippen LogP contribution < -0.4 is 5.32 Å². The third-order valence-electron chi connectivity index (χ3n) is 7.31. The van der Waals surface area contributed by atoms with Crippen LogP contribution in [0.5, 0.6) is 0 Å². The van der Waals surface area contributed by atoms with E-state index in [-0.39, 0.29) is 0 Å². The van der Waals surface area contributed by atoms with Gasteiger partial charge in [0.25, 0.3) is 0 Å². The Morgan fingerprint density at radius 3 is 2.79 bits per heavy atom. The van der Waals surface area contributed by atoms with Crippen LogP contribution in [0.3, 0.4) is 0 Å². The zero-order chi connectivity index (χ0) is 19.1. The minimum atomic E-state index is 0.369. The van der Waals surface area contributed by atoms with E-state index >= 15 is 0 Å². The van der Waals surface area contributed by atoms with Gasteiger partial charge in [0.15, 0.2) is 0 Å². The lowest BCUT2D eigenvalue weighted by Crippen LogP contribution is -2.46. The molecule has 1 saturated heterocycles. The first-order valence-corrected chi connectivity index (χ1v) is 11.3. The zero-order valence-corrected chi connectivity index (χ0v) is 17.2. The summed E-state index contributed by atoms with van der Waals surface area (Å²) >= 11 is 0. The second-order valence-corrected chi connectivity index (χ2v) is 9.41. The molecule has 1 fully saturated rings. The van der Waals surface area contributed by atoms with Crippen LogP contribution in [0.15, 0.2) is 71.7 Å². The molecule has 0 spiro atoms. The summed E-state index contributed by atoms with van der Waals surface area (Å²) in [5.74, 6) is 4.09. The summed E-state index contributed by atoms with van der Waals surface area (Å²) in [5, 5.41) is 3.99. The van der Waals surface area contributed by atoms with Gasteiger partial charge >= 0.3 is 0 Å². The van der Waals surface area contributed by atoms with Crippen LogP contribution in [0, 0.1) is 29.6 Å². The number of ether oxygens (including phenoxy) is 1. The number of allylic oxidation sites excluding steroid dienone is 9. The van der Waals surface area contributed by atoms with Gasteiger partial charge in [-0.15, -0.1) is 0 Å². The molecule has 0 aromatic carbocycles. The Morgan fingerprint density at radius 2 is 1.96 bits per heavy atom. The molecule has 0 bridgehead atoms. The van der Waals surface area contributed by atoms with E-state index in [4.69, 9.17) is 4.74 Å². The summed E-state index contributed by atoms with van der Waals surface area (Å²) in [6, 6.07) is 0.548. The average molecular weight is 376 g/mol. The lowest BCUT2D eigenvalue weighted by molar-refractivity contribution is 0.130. The molecule has 2 heteroatoms. The minimum absolute atomic E-state index is 0.369. The van der Waals surface area contributed by atoms with E-state index in [0.717, 1.165) is 25.0 Å². The van der Waals surface area contributed by atoms with Crippen molar-refractivity contribution in [3.8, 4) is 0 Å². The van der Waals surface area contributed by atoms with Crippen LogP contribution in [0.1, 0.15) is 46.0 Å². The van der Waals surface area contributed by atoms with Crippen molar-refractivity contribution >= 4 is 0 Å². The highest BCUT2D eigenvalue weighted by Gasteiger charge is 2.39. The molecule has 2 aliphatic heterocycles. The Hall–Kier alpha value is -1.96. The predicted molar refractivity (Wildman–Crippen MR) is 115 cm³/mol. The topological polar surface area (TPSA) is 21.3 Å². The second kappa shape index (κ2) is 7.46. The summed E-state index contributed by atoms with van der Waals surface area (Å²) in [7, 11) is 0. The molecule has 28 heavy (non-hydrogen) atoms. The van der Waals surface area contributed by atoms with E-state index in [9.17, 15) is 0 Å². The first-order chi connectivity index (χ1) is 13.7. The normalized spacial score (nSPS) is 38.8. The fourth-order valence-corrected chi connectivity index (χ4v) is 5.78. The zero-order valence-electron chi connectivity index (χ0n) is 17.2. The number of rotatable bonds is 3. The molecule has 2 nitrogen and oxygen atoms in total. The standard InChI is InChI=1S/C26H33NO/c1-17(2)26-20(18-8-4-3-5-9-18)13-14-23(27-26)19-12-15-25-22(16-19)21-10-6-7-11-24(21)28-25/h3-6,8,10,14-21,24,26-27H,7,9,11-13H2,1-2H3. The number of hydrogen-bond acceptors (Lipinski definition) is 2. The van der Waals surface area contributed by atoms with Gasteiger partial charge in [-0.3, -0.25) is 0 Å². The molecule has 5 aliphatic rings. The molecule has 148 valence electrons. The largest absolute Gasteiger partial charge is 0.489 e. The van der Waals surface area contributed by atoms with Crippen LogP contribution in [-0.2, 0) is 4.74 Å². The van der Waals surface area contributed by atoms with Gasteiger partial charge in [0.1, 0.15) is 11.9 Å². The Morgan fingerprint density at radius 1 is 1.04 bits per heavy atom. The maximum absolute atomic E-state index is 6.25. The van der Waals surface area contributed by atoms with Crippen molar-refractivity contribution in [3.63, 3.8) is 0 Å². The quantitative estimate of drug-likeness (QED) is 0.627. The molecule has 0 aromatic rings. The van der Waals surface area contributed by atoms with Gasteiger partial charge in [-0.25, -0.2) is 0 Å². The van der Waals surface area contributed by atoms with Gasteiger partial charge in [-0.2, -0.15) is 0 Å². The molecule has 6 unspecified atom stereocenters. The number of nitrogens with one attached hydrogen (secondary N) is 1. The first kappa shape index (κ1) is 18.1. The molecule has 0 saturated carbocycles. The molecular weight excluding hydrogens is 342 g/mol. The summed E-state index contributed by atoms with van der Waals surface area (Å²) < 4.78 is 6.25. The molecular formula is C26H33NO. The van der Waals surface area contributed by atoms with Crippen molar-refractivity contribution in [1.82, 2.24) is 5.32 Å². The molecule has 0 radical (unpaired) electrons. The van der Waals surface area contributed by atoms with Crippen LogP contribution in [0.4, 0.5) is 0 Å². The smallest absolute Gasteiger partial charge is 0.119 e. The van der Waals surface area contributed by atoms with Gasteiger partial charge in [0.05, 0.1) is 0 Å². The summed E-state index contributed by atoms with van der Waals surface area (Å²) in [6.07, 6.45) is 27.3. The van der Waals surface area contributed by atoms with Gasteiger partial charge < -0.3 is 10.1 Å². The van der Waals surface area contributed by atoms with Crippen LogP contribution in [0.2, 0.25) is 0 Å². The molecule has 6 atom stereocenters. The Balaban J connectivity index is 1.37. The number of fused-ring (bicyclic) bond motifs is 3. The van der Waals surface area contributed by atoms with E-state index in [1.807, 2.05) is 0 Å². The van der Waals surface area contributed by atoms with Gasteiger partial charge in [0, 0.05) is 29.1 Å². The lowest BCUT2D eigenvalue weighted by Gasteiger charge is -2.41. The van der Waals surface area contributed by atoms with Crippen molar-refractivity contribution in [2.75, 3.05) is 0 Å². The van der Waals surface area contributed by atoms with E-state index in [0.29, 0.717) is 41.7 Å². The molecule has 5 rings (SSSR count). The lowest BCUT2D eigenvalue weighted by atomic mass is 9.73. The Labute approximate surface area is 169 Å². The van der Waals surface area contributed by atoms with Crippen molar-refractivity contribution in [2.45, 2.75) is 58.1 Å². The van der Waals surface area contributed by atoms with Gasteiger partial charge in [-0.05, 0) is 55.9 Å². The van der Waals surface area contributed by atoms with E-state index in [1.165, 1.54) is 24.1 Å². The van der Waals surface area contributed by atoms with Gasteiger partial charge in [-0.1, -0.05) is 62.5 Å². The third-order valence-corrected chi connectivity index (χ3v) is 7.31. The second-order valence-electron chi connectivity index (χ2n) is 9.41. The van der Waals surface area contributed by atoms with E-state index in [1.54, 1.807) is 0 Å². The minimum Gasteiger partial charge on any atom is -0.489 e. The summed E-state index contributed by atoms with van der Waals surface area (Å²) in [5.41, 5.74) is 2.87. The fraction of sp³-hybridized carbons (Fsp3) is 0.538. The maximum Gasteiger partial charge on any atom is 0.119 e. The van der Waals surface area contributed by atoms with Crippen molar-refractivity contribution < 1.29 is 4.74 Å². The van der Waals surface area contributed by atoms with E-state index in [2.05, 4.69) is 73.8 Å². The highest BCUT2D eigenvalue weighted by atomic mass is 16.5. The molecule has 0 amide bonds.